The summed E-state index contributed by atoms with van der Waals surface area (Å²) in [6, 6.07) is 23.4. The number of aromatic hydroxyl groups is 1. The molecule has 1 amide bonds. The Balaban J connectivity index is 1.42. The predicted octanol–water partition coefficient (Wildman–Crippen LogP) is 5.55. The SMILES string of the molecule is COc1cc(/C=N\NC(=O)c2cc3ccccc3cc2O)ccc1OCc1ccc(Cl)cc1. The number of rotatable bonds is 7. The van der Waals surface area contributed by atoms with Crippen molar-refractivity contribution >= 4 is 34.5 Å². The van der Waals surface area contributed by atoms with Gasteiger partial charge in [0.2, 0.25) is 0 Å². The van der Waals surface area contributed by atoms with E-state index in [2.05, 4.69) is 10.5 Å². The Kier molecular flexibility index (Phi) is 6.76. The number of ether oxygens (including phenoxy) is 2. The monoisotopic (exact) mass is 460 g/mol. The molecule has 0 aliphatic heterocycles. The van der Waals surface area contributed by atoms with E-state index in [0.717, 1.165) is 16.3 Å². The molecule has 33 heavy (non-hydrogen) atoms. The quantitative estimate of drug-likeness (QED) is 0.280. The number of benzene rings is 4. The fourth-order valence-electron chi connectivity index (χ4n) is 3.26. The lowest BCUT2D eigenvalue weighted by Crippen LogP contribution is -2.17. The summed E-state index contributed by atoms with van der Waals surface area (Å²) in [6.07, 6.45) is 1.49. The summed E-state index contributed by atoms with van der Waals surface area (Å²) in [5.74, 6) is 0.496. The molecule has 0 aliphatic rings. The molecule has 0 bridgehead atoms. The Morgan fingerprint density at radius 1 is 1.00 bits per heavy atom. The first kappa shape index (κ1) is 22.2. The Hall–Kier alpha value is -4.03. The Bertz CT molecular complexity index is 1320. The van der Waals surface area contributed by atoms with Crippen LogP contribution < -0.4 is 14.9 Å². The maximum Gasteiger partial charge on any atom is 0.275 e. The number of methoxy groups -OCH3 is 1. The van der Waals surface area contributed by atoms with Crippen molar-refractivity contribution in [3.05, 3.63) is 101 Å². The molecule has 166 valence electrons. The fourth-order valence-corrected chi connectivity index (χ4v) is 3.39. The topological polar surface area (TPSA) is 80.2 Å². The summed E-state index contributed by atoms with van der Waals surface area (Å²) in [7, 11) is 1.55. The molecular formula is C26H21ClN2O4. The number of hydrogen-bond donors (Lipinski definition) is 2. The highest BCUT2D eigenvalue weighted by Gasteiger charge is 2.12. The van der Waals surface area contributed by atoms with Crippen LogP contribution >= 0.6 is 11.6 Å². The molecule has 0 atom stereocenters. The van der Waals surface area contributed by atoms with Gasteiger partial charge in [0, 0.05) is 5.02 Å². The average molecular weight is 461 g/mol. The number of carbonyl (C=O) groups is 1. The van der Waals surface area contributed by atoms with Gasteiger partial charge in [-0.2, -0.15) is 5.10 Å². The zero-order valence-electron chi connectivity index (χ0n) is 17.8. The fraction of sp³-hybridized carbons (Fsp3) is 0.0769. The standard InChI is InChI=1S/C26H21ClN2O4/c1-32-25-12-18(8-11-24(25)33-16-17-6-9-21(27)10-7-17)15-28-29-26(31)22-13-19-4-2-3-5-20(19)14-23(22)30/h2-15,30H,16H2,1H3,(H,29,31)/b28-15-. The number of hydrogen-bond acceptors (Lipinski definition) is 5. The number of phenols is 1. The van der Waals surface area contributed by atoms with Crippen molar-refractivity contribution < 1.29 is 19.4 Å². The van der Waals surface area contributed by atoms with Gasteiger partial charge in [0.05, 0.1) is 18.9 Å². The van der Waals surface area contributed by atoms with Crippen LogP contribution in [0.5, 0.6) is 17.2 Å². The molecule has 4 aromatic carbocycles. The lowest BCUT2D eigenvalue weighted by molar-refractivity contribution is 0.0952. The van der Waals surface area contributed by atoms with E-state index >= 15 is 0 Å². The van der Waals surface area contributed by atoms with Gasteiger partial charge in [0.1, 0.15) is 12.4 Å². The lowest BCUT2D eigenvalue weighted by Gasteiger charge is -2.11. The number of nitrogens with one attached hydrogen (secondary N) is 1. The van der Waals surface area contributed by atoms with Crippen molar-refractivity contribution in [3.8, 4) is 17.2 Å². The van der Waals surface area contributed by atoms with Crippen LogP contribution in [0.4, 0.5) is 0 Å². The van der Waals surface area contributed by atoms with Crippen molar-refractivity contribution in [3.63, 3.8) is 0 Å². The molecule has 0 radical (unpaired) electrons. The van der Waals surface area contributed by atoms with Crippen LogP contribution in [-0.4, -0.2) is 24.3 Å². The molecule has 0 aromatic heterocycles. The van der Waals surface area contributed by atoms with Gasteiger partial charge in [-0.15, -0.1) is 0 Å². The molecule has 2 N–H and O–H groups in total. The molecule has 0 unspecified atom stereocenters. The summed E-state index contributed by atoms with van der Waals surface area (Å²) >= 11 is 5.91. The summed E-state index contributed by atoms with van der Waals surface area (Å²) in [5.41, 5.74) is 4.27. The highest BCUT2D eigenvalue weighted by atomic mass is 35.5. The van der Waals surface area contributed by atoms with E-state index in [1.54, 1.807) is 37.4 Å². The van der Waals surface area contributed by atoms with E-state index in [9.17, 15) is 9.90 Å². The van der Waals surface area contributed by atoms with E-state index in [1.807, 2.05) is 48.5 Å². The third-order valence-corrected chi connectivity index (χ3v) is 5.24. The van der Waals surface area contributed by atoms with E-state index in [0.29, 0.717) is 28.7 Å². The first-order valence-electron chi connectivity index (χ1n) is 10.1. The normalized spacial score (nSPS) is 11.0. The molecule has 0 spiro atoms. The third kappa shape index (κ3) is 5.42. The minimum Gasteiger partial charge on any atom is -0.507 e. The van der Waals surface area contributed by atoms with Crippen molar-refractivity contribution in [1.29, 1.82) is 0 Å². The molecule has 0 saturated carbocycles. The number of nitrogens with zero attached hydrogens (tertiary/aromatic N) is 1. The van der Waals surface area contributed by atoms with Crippen molar-refractivity contribution in [2.75, 3.05) is 7.11 Å². The van der Waals surface area contributed by atoms with Gasteiger partial charge >= 0.3 is 0 Å². The minimum atomic E-state index is -0.510. The first-order valence-corrected chi connectivity index (χ1v) is 10.5. The average Bonchev–Trinajstić information content (AvgIpc) is 2.83. The second-order valence-corrected chi connectivity index (χ2v) is 7.68. The second kappa shape index (κ2) is 10.1. The maximum atomic E-state index is 12.5. The van der Waals surface area contributed by atoms with Crippen molar-refractivity contribution in [2.24, 2.45) is 5.10 Å². The van der Waals surface area contributed by atoms with Crippen LogP contribution in [0.3, 0.4) is 0 Å². The summed E-state index contributed by atoms with van der Waals surface area (Å²) in [4.78, 5) is 12.5. The third-order valence-electron chi connectivity index (χ3n) is 4.98. The minimum absolute atomic E-state index is 0.106. The van der Waals surface area contributed by atoms with Crippen LogP contribution in [0.1, 0.15) is 21.5 Å². The van der Waals surface area contributed by atoms with Gasteiger partial charge in [-0.3, -0.25) is 4.79 Å². The Morgan fingerprint density at radius 2 is 1.73 bits per heavy atom. The number of amides is 1. The number of carbonyl (C=O) groups excluding carboxylic acids is 1. The number of phenolic OH excluding ortho intramolecular Hbond substituents is 1. The second-order valence-electron chi connectivity index (χ2n) is 7.24. The number of halogens is 1. The van der Waals surface area contributed by atoms with Gasteiger partial charge in [0.25, 0.3) is 5.91 Å². The van der Waals surface area contributed by atoms with Gasteiger partial charge < -0.3 is 14.6 Å². The molecule has 0 fully saturated rings. The summed E-state index contributed by atoms with van der Waals surface area (Å²) in [5, 5.41) is 16.6. The van der Waals surface area contributed by atoms with Crippen LogP contribution in [0, 0.1) is 0 Å². The van der Waals surface area contributed by atoms with Gasteiger partial charge in [0.15, 0.2) is 11.5 Å². The number of hydrazone groups is 1. The predicted molar refractivity (Wildman–Crippen MR) is 129 cm³/mol. The van der Waals surface area contributed by atoms with Gasteiger partial charge in [-0.1, -0.05) is 48.0 Å². The Morgan fingerprint density at radius 3 is 2.45 bits per heavy atom. The van der Waals surface area contributed by atoms with E-state index in [1.165, 1.54) is 6.21 Å². The maximum absolute atomic E-state index is 12.5. The molecular weight excluding hydrogens is 440 g/mol. The van der Waals surface area contributed by atoms with E-state index in [4.69, 9.17) is 21.1 Å². The van der Waals surface area contributed by atoms with Crippen molar-refractivity contribution in [2.45, 2.75) is 6.61 Å². The summed E-state index contributed by atoms with van der Waals surface area (Å²) < 4.78 is 11.3. The highest BCUT2D eigenvalue weighted by Crippen LogP contribution is 2.29. The highest BCUT2D eigenvalue weighted by molar-refractivity contribution is 6.30. The van der Waals surface area contributed by atoms with Gasteiger partial charge in [-0.25, -0.2) is 5.43 Å². The molecule has 4 aromatic rings. The molecule has 0 saturated heterocycles. The zero-order valence-corrected chi connectivity index (χ0v) is 18.5. The van der Waals surface area contributed by atoms with E-state index < -0.39 is 5.91 Å². The van der Waals surface area contributed by atoms with E-state index in [-0.39, 0.29) is 11.3 Å². The smallest absolute Gasteiger partial charge is 0.275 e. The van der Waals surface area contributed by atoms with Crippen LogP contribution in [0.25, 0.3) is 10.8 Å². The van der Waals surface area contributed by atoms with Crippen LogP contribution in [0.15, 0.2) is 84.0 Å². The molecule has 4 rings (SSSR count). The van der Waals surface area contributed by atoms with Crippen LogP contribution in [-0.2, 0) is 6.61 Å². The lowest BCUT2D eigenvalue weighted by atomic mass is 10.1. The molecule has 0 heterocycles. The Labute approximate surface area is 196 Å². The molecule has 0 aliphatic carbocycles. The largest absolute Gasteiger partial charge is 0.507 e. The van der Waals surface area contributed by atoms with Crippen molar-refractivity contribution in [1.82, 2.24) is 5.43 Å². The number of fused-ring (bicyclic) bond motifs is 1. The molecule has 6 nitrogen and oxygen atoms in total. The first-order chi connectivity index (χ1) is 16.0. The molecule has 7 heteroatoms. The summed E-state index contributed by atoms with van der Waals surface area (Å²) in [6.45, 7) is 0.367. The van der Waals surface area contributed by atoms with Gasteiger partial charge in [-0.05, 0) is 64.4 Å². The van der Waals surface area contributed by atoms with Crippen LogP contribution in [0.2, 0.25) is 5.02 Å². The zero-order chi connectivity index (χ0) is 23.2.